The molecule has 112 valence electrons. The molecule has 0 saturated carbocycles. The van der Waals surface area contributed by atoms with E-state index in [9.17, 15) is 15.0 Å². The van der Waals surface area contributed by atoms with Crippen LogP contribution in [0.15, 0.2) is 30.3 Å². The normalized spacial score (nSPS) is 14.1. The van der Waals surface area contributed by atoms with Crippen LogP contribution >= 0.6 is 11.8 Å². The van der Waals surface area contributed by atoms with E-state index in [1.54, 1.807) is 6.07 Å². The summed E-state index contributed by atoms with van der Waals surface area (Å²) in [7, 11) is 0. The summed E-state index contributed by atoms with van der Waals surface area (Å²) in [6.07, 6.45) is -1.47. The third-order valence-electron chi connectivity index (χ3n) is 3.28. The average molecular weight is 305 g/mol. The average Bonchev–Trinajstić information content (AvgIpc) is 2.45. The number of rotatable bonds is 5. The van der Waals surface area contributed by atoms with Crippen LogP contribution in [0.4, 0.5) is 0 Å². The first-order valence-electron chi connectivity index (χ1n) is 6.84. The molecule has 21 heavy (non-hydrogen) atoms. The molecule has 0 spiro atoms. The van der Waals surface area contributed by atoms with E-state index in [1.807, 2.05) is 31.2 Å². The van der Waals surface area contributed by atoms with Crippen LogP contribution in [0, 0.1) is 6.92 Å². The molecular weight excluding hydrogens is 286 g/mol. The Hall–Kier alpha value is -1.43. The fraction of sp³-hybridized carbons (Fsp3) is 0.375. The standard InChI is InChI=1S/C16H19NO3S/c1-10-3-4-12-9-13(5-6-14(12)17-10)16(20)15(19)7-8-21-11(2)18/h3-6,9,15-16,19-20H,7-8H2,1-2H3. The van der Waals surface area contributed by atoms with Crippen molar-refractivity contribution >= 4 is 27.8 Å². The number of aryl methyl sites for hydroxylation is 1. The summed E-state index contributed by atoms with van der Waals surface area (Å²) in [6.45, 7) is 3.42. The van der Waals surface area contributed by atoms with Crippen LogP contribution in [0.3, 0.4) is 0 Å². The van der Waals surface area contributed by atoms with Crippen molar-refractivity contribution in [3.63, 3.8) is 0 Å². The second-order valence-corrected chi connectivity index (χ2v) is 6.32. The van der Waals surface area contributed by atoms with Gasteiger partial charge in [-0.05, 0) is 37.1 Å². The number of carbonyl (C=O) groups is 1. The largest absolute Gasteiger partial charge is 0.390 e. The van der Waals surface area contributed by atoms with Gasteiger partial charge in [-0.2, -0.15) is 0 Å². The first kappa shape index (κ1) is 15.9. The lowest BCUT2D eigenvalue weighted by molar-refractivity contribution is -0.109. The Morgan fingerprint density at radius 3 is 2.76 bits per heavy atom. The van der Waals surface area contributed by atoms with Crippen molar-refractivity contribution in [2.75, 3.05) is 5.75 Å². The highest BCUT2D eigenvalue weighted by Crippen LogP contribution is 2.24. The molecule has 2 aromatic rings. The Balaban J connectivity index is 2.09. The van der Waals surface area contributed by atoms with Gasteiger partial charge in [0.15, 0.2) is 5.12 Å². The van der Waals surface area contributed by atoms with Crippen molar-refractivity contribution < 1.29 is 15.0 Å². The summed E-state index contributed by atoms with van der Waals surface area (Å²) < 4.78 is 0. The summed E-state index contributed by atoms with van der Waals surface area (Å²) in [5, 5.41) is 21.2. The van der Waals surface area contributed by atoms with Crippen molar-refractivity contribution in [2.45, 2.75) is 32.5 Å². The monoisotopic (exact) mass is 305 g/mol. The Bertz CT molecular complexity index is 644. The van der Waals surface area contributed by atoms with E-state index in [1.165, 1.54) is 6.92 Å². The SMILES string of the molecule is CC(=O)SCCC(O)C(O)c1ccc2nc(C)ccc2c1. The van der Waals surface area contributed by atoms with Crippen molar-refractivity contribution in [1.29, 1.82) is 0 Å². The van der Waals surface area contributed by atoms with Gasteiger partial charge >= 0.3 is 0 Å². The van der Waals surface area contributed by atoms with Gasteiger partial charge in [0.2, 0.25) is 0 Å². The maximum Gasteiger partial charge on any atom is 0.185 e. The van der Waals surface area contributed by atoms with Crippen molar-refractivity contribution in [3.8, 4) is 0 Å². The summed E-state index contributed by atoms with van der Waals surface area (Å²) in [6, 6.07) is 9.33. The molecule has 4 nitrogen and oxygen atoms in total. The number of hydrogen-bond acceptors (Lipinski definition) is 5. The van der Waals surface area contributed by atoms with Gasteiger partial charge in [-0.1, -0.05) is 23.9 Å². The van der Waals surface area contributed by atoms with Crippen LogP contribution in [-0.2, 0) is 4.79 Å². The quantitative estimate of drug-likeness (QED) is 0.888. The number of aliphatic hydroxyl groups is 2. The number of thioether (sulfide) groups is 1. The second-order valence-electron chi connectivity index (χ2n) is 5.05. The second kappa shape index (κ2) is 7.02. The molecule has 5 heteroatoms. The predicted octanol–water partition coefficient (Wildman–Crippen LogP) is 2.61. The number of carbonyl (C=O) groups excluding carboxylic acids is 1. The maximum absolute atomic E-state index is 10.9. The minimum Gasteiger partial charge on any atom is -0.390 e. The highest BCUT2D eigenvalue weighted by Gasteiger charge is 2.18. The molecule has 0 radical (unpaired) electrons. The maximum atomic E-state index is 10.9. The molecule has 0 aliphatic rings. The lowest BCUT2D eigenvalue weighted by atomic mass is 10.0. The molecule has 2 atom stereocenters. The Labute approximate surface area is 128 Å². The number of pyridine rings is 1. The number of aliphatic hydroxyl groups excluding tert-OH is 2. The van der Waals surface area contributed by atoms with Gasteiger partial charge in [-0.25, -0.2) is 0 Å². The molecule has 0 fully saturated rings. The number of hydrogen-bond donors (Lipinski definition) is 2. The fourth-order valence-corrected chi connectivity index (χ4v) is 2.78. The molecule has 1 aromatic heterocycles. The number of nitrogens with zero attached hydrogens (tertiary/aromatic N) is 1. The van der Waals surface area contributed by atoms with Gasteiger partial charge in [-0.3, -0.25) is 9.78 Å². The molecule has 0 amide bonds. The zero-order chi connectivity index (χ0) is 15.4. The summed E-state index contributed by atoms with van der Waals surface area (Å²) in [5.41, 5.74) is 2.47. The summed E-state index contributed by atoms with van der Waals surface area (Å²) in [5.74, 6) is 0.502. The van der Waals surface area contributed by atoms with E-state index in [-0.39, 0.29) is 5.12 Å². The van der Waals surface area contributed by atoms with Gasteiger partial charge < -0.3 is 10.2 Å². The van der Waals surface area contributed by atoms with Gasteiger partial charge in [0.1, 0.15) is 6.10 Å². The smallest absolute Gasteiger partial charge is 0.185 e. The van der Waals surface area contributed by atoms with Crippen molar-refractivity contribution in [2.24, 2.45) is 0 Å². The van der Waals surface area contributed by atoms with Crippen LogP contribution in [0.5, 0.6) is 0 Å². The Morgan fingerprint density at radius 2 is 2.05 bits per heavy atom. The topological polar surface area (TPSA) is 70.4 Å². The molecule has 2 N–H and O–H groups in total. The third kappa shape index (κ3) is 4.27. The molecule has 1 heterocycles. The van der Waals surface area contributed by atoms with E-state index in [0.29, 0.717) is 17.7 Å². The van der Waals surface area contributed by atoms with Gasteiger partial charge in [-0.15, -0.1) is 0 Å². The van der Waals surface area contributed by atoms with Crippen LogP contribution in [0.1, 0.15) is 30.7 Å². The molecular formula is C16H19NO3S. The minimum absolute atomic E-state index is 0.0174. The van der Waals surface area contributed by atoms with Crippen LogP contribution < -0.4 is 0 Å². The van der Waals surface area contributed by atoms with Crippen LogP contribution in [-0.4, -0.2) is 32.2 Å². The van der Waals surface area contributed by atoms with E-state index in [4.69, 9.17) is 0 Å². The van der Waals surface area contributed by atoms with Crippen LogP contribution in [0.2, 0.25) is 0 Å². The fourth-order valence-electron chi connectivity index (χ4n) is 2.13. The van der Waals surface area contributed by atoms with E-state index >= 15 is 0 Å². The molecule has 1 aromatic carbocycles. The van der Waals surface area contributed by atoms with E-state index in [0.717, 1.165) is 28.4 Å². The molecule has 0 saturated heterocycles. The zero-order valence-corrected chi connectivity index (χ0v) is 12.9. The summed E-state index contributed by atoms with van der Waals surface area (Å²) >= 11 is 1.16. The first-order valence-corrected chi connectivity index (χ1v) is 7.83. The third-order valence-corrected chi connectivity index (χ3v) is 4.12. The Morgan fingerprint density at radius 1 is 1.29 bits per heavy atom. The number of fused-ring (bicyclic) bond motifs is 1. The first-order chi connectivity index (χ1) is 9.97. The number of benzene rings is 1. The van der Waals surface area contributed by atoms with Crippen molar-refractivity contribution in [3.05, 3.63) is 41.6 Å². The molecule has 0 bridgehead atoms. The van der Waals surface area contributed by atoms with Gasteiger partial charge in [0, 0.05) is 23.8 Å². The zero-order valence-electron chi connectivity index (χ0n) is 12.1. The highest BCUT2D eigenvalue weighted by molar-refractivity contribution is 8.13. The lowest BCUT2D eigenvalue weighted by Crippen LogP contribution is -2.19. The summed E-state index contributed by atoms with van der Waals surface area (Å²) in [4.78, 5) is 15.3. The molecule has 2 rings (SSSR count). The Kier molecular flexibility index (Phi) is 5.33. The van der Waals surface area contributed by atoms with Gasteiger partial charge in [0.25, 0.3) is 0 Å². The molecule has 2 unspecified atom stereocenters. The minimum atomic E-state index is -0.955. The molecule has 0 aliphatic heterocycles. The van der Waals surface area contributed by atoms with E-state index < -0.39 is 12.2 Å². The highest BCUT2D eigenvalue weighted by atomic mass is 32.2. The van der Waals surface area contributed by atoms with E-state index in [2.05, 4.69) is 4.98 Å². The molecule has 0 aliphatic carbocycles. The number of aromatic nitrogens is 1. The van der Waals surface area contributed by atoms with Crippen LogP contribution in [0.25, 0.3) is 10.9 Å². The van der Waals surface area contributed by atoms with Crippen molar-refractivity contribution in [1.82, 2.24) is 4.98 Å². The predicted molar refractivity (Wildman–Crippen MR) is 85.2 cm³/mol. The lowest BCUT2D eigenvalue weighted by Gasteiger charge is -2.18. The van der Waals surface area contributed by atoms with Gasteiger partial charge in [0.05, 0.1) is 11.6 Å².